The first kappa shape index (κ1) is 23.3. The highest BCUT2D eigenvalue weighted by Crippen LogP contribution is 2.21. The molecule has 2 aromatic heterocycles. The van der Waals surface area contributed by atoms with Crippen molar-refractivity contribution in [3.8, 4) is 0 Å². The van der Waals surface area contributed by atoms with Gasteiger partial charge >= 0.3 is 5.69 Å². The lowest BCUT2D eigenvalue weighted by molar-refractivity contribution is 0.0361. The molecule has 0 atom stereocenters. The first-order valence-electron chi connectivity index (χ1n) is 11.1. The highest BCUT2D eigenvalue weighted by atomic mass is 35.5. The molecule has 3 aromatic rings. The third-order valence-corrected chi connectivity index (χ3v) is 5.86. The molecule has 9 nitrogen and oxygen atoms in total. The van der Waals surface area contributed by atoms with Gasteiger partial charge in [0.15, 0.2) is 0 Å². The highest BCUT2D eigenvalue weighted by molar-refractivity contribution is 6.31. The first-order chi connectivity index (χ1) is 15.9. The third-order valence-electron chi connectivity index (χ3n) is 5.63. The van der Waals surface area contributed by atoms with Crippen molar-refractivity contribution in [2.45, 2.75) is 26.9 Å². The highest BCUT2D eigenvalue weighted by Gasteiger charge is 2.15. The van der Waals surface area contributed by atoms with Crippen molar-refractivity contribution in [2.24, 2.45) is 11.0 Å². The molecular formula is C23H29ClN6O3. The minimum Gasteiger partial charge on any atom is -0.379 e. The van der Waals surface area contributed by atoms with Gasteiger partial charge in [0.1, 0.15) is 5.82 Å². The molecule has 1 fully saturated rings. The van der Waals surface area contributed by atoms with Crippen molar-refractivity contribution >= 4 is 34.5 Å². The van der Waals surface area contributed by atoms with E-state index in [9.17, 15) is 9.59 Å². The Bertz CT molecular complexity index is 1250. The summed E-state index contributed by atoms with van der Waals surface area (Å²) in [6, 6.07) is 7.02. The molecule has 0 bridgehead atoms. The van der Waals surface area contributed by atoms with Crippen LogP contribution in [0, 0.1) is 5.92 Å². The number of morpholine rings is 1. The second kappa shape index (κ2) is 10.4. The van der Waals surface area contributed by atoms with Gasteiger partial charge in [-0.25, -0.2) is 4.79 Å². The number of hydrogen-bond donors (Lipinski definition) is 2. The van der Waals surface area contributed by atoms with Crippen LogP contribution in [0.5, 0.6) is 0 Å². The zero-order valence-electron chi connectivity index (χ0n) is 18.9. The number of hydrazone groups is 1. The maximum absolute atomic E-state index is 13.2. The average Bonchev–Trinajstić information content (AvgIpc) is 3.18. The van der Waals surface area contributed by atoms with Gasteiger partial charge in [-0.15, -0.1) is 0 Å². The van der Waals surface area contributed by atoms with Crippen LogP contribution >= 0.6 is 11.6 Å². The van der Waals surface area contributed by atoms with Crippen molar-refractivity contribution < 1.29 is 4.74 Å². The second-order valence-electron chi connectivity index (χ2n) is 8.56. The molecule has 1 aliphatic heterocycles. The smallest absolute Gasteiger partial charge is 0.332 e. The Labute approximate surface area is 196 Å². The van der Waals surface area contributed by atoms with E-state index in [0.717, 1.165) is 29.6 Å². The van der Waals surface area contributed by atoms with Gasteiger partial charge in [-0.05, 0) is 24.1 Å². The van der Waals surface area contributed by atoms with Gasteiger partial charge in [0, 0.05) is 66.5 Å². The number of benzene rings is 1. The lowest BCUT2D eigenvalue weighted by atomic mass is 10.2. The minimum absolute atomic E-state index is 0.216. The molecule has 0 radical (unpaired) electrons. The molecule has 0 unspecified atom stereocenters. The van der Waals surface area contributed by atoms with Crippen LogP contribution in [0.2, 0.25) is 5.02 Å². The molecule has 2 N–H and O–H groups in total. The Morgan fingerprint density at radius 3 is 2.73 bits per heavy atom. The SMILES string of the molecule is CC(C)Cn1c(NN=Cc2c[nH]c3ccc(Cl)cc23)cc(=O)n(CCN2CCOCC2)c1=O. The summed E-state index contributed by atoms with van der Waals surface area (Å²) in [6.45, 7) is 8.47. The Morgan fingerprint density at radius 1 is 1.18 bits per heavy atom. The molecular weight excluding hydrogens is 444 g/mol. The van der Waals surface area contributed by atoms with E-state index in [1.54, 1.807) is 10.8 Å². The largest absolute Gasteiger partial charge is 0.379 e. The lowest BCUT2D eigenvalue weighted by Crippen LogP contribution is -2.45. The fraction of sp³-hybridized carbons (Fsp3) is 0.435. The number of rotatable bonds is 8. The molecule has 1 aromatic carbocycles. The molecule has 0 spiro atoms. The standard InChI is InChI=1S/C23H29ClN6O3/c1-16(2)15-30-21(27-26-14-17-13-25-20-4-3-18(24)11-19(17)20)12-22(31)29(23(30)32)6-5-28-7-9-33-10-8-28/h3-4,11-14,16,25,27H,5-10,15H2,1-2H3. The summed E-state index contributed by atoms with van der Waals surface area (Å²) >= 11 is 6.11. The summed E-state index contributed by atoms with van der Waals surface area (Å²) in [6.07, 6.45) is 3.47. The lowest BCUT2D eigenvalue weighted by Gasteiger charge is -2.26. The molecule has 1 aliphatic rings. The van der Waals surface area contributed by atoms with Crippen molar-refractivity contribution in [1.29, 1.82) is 0 Å². The van der Waals surface area contributed by atoms with Gasteiger partial charge in [0.25, 0.3) is 5.56 Å². The van der Waals surface area contributed by atoms with E-state index in [1.165, 1.54) is 10.6 Å². The topological polar surface area (TPSA) is 96.7 Å². The normalized spacial score (nSPS) is 15.2. The molecule has 1 saturated heterocycles. The van der Waals surface area contributed by atoms with Gasteiger partial charge in [0.05, 0.1) is 19.4 Å². The average molecular weight is 473 g/mol. The quantitative estimate of drug-likeness (QED) is 0.388. The fourth-order valence-electron chi connectivity index (χ4n) is 3.91. The Morgan fingerprint density at radius 2 is 1.97 bits per heavy atom. The number of fused-ring (bicyclic) bond motifs is 1. The van der Waals surface area contributed by atoms with E-state index in [0.29, 0.717) is 43.7 Å². The maximum atomic E-state index is 13.2. The zero-order chi connectivity index (χ0) is 23.4. The Kier molecular flexibility index (Phi) is 7.32. The molecule has 33 heavy (non-hydrogen) atoms. The van der Waals surface area contributed by atoms with Gasteiger partial charge in [0.2, 0.25) is 0 Å². The van der Waals surface area contributed by atoms with Crippen LogP contribution in [0.15, 0.2) is 45.2 Å². The summed E-state index contributed by atoms with van der Waals surface area (Å²) < 4.78 is 8.24. The van der Waals surface area contributed by atoms with Gasteiger partial charge < -0.3 is 9.72 Å². The molecule has 0 saturated carbocycles. The molecule has 0 amide bonds. The van der Waals surface area contributed by atoms with Crippen LogP contribution < -0.4 is 16.7 Å². The summed E-state index contributed by atoms with van der Waals surface area (Å²) in [5, 5.41) is 5.87. The second-order valence-corrected chi connectivity index (χ2v) is 9.00. The van der Waals surface area contributed by atoms with Crippen LogP contribution in [0.25, 0.3) is 10.9 Å². The zero-order valence-corrected chi connectivity index (χ0v) is 19.6. The number of nitrogens with zero attached hydrogens (tertiary/aromatic N) is 4. The summed E-state index contributed by atoms with van der Waals surface area (Å²) in [5.41, 5.74) is 4.01. The van der Waals surface area contributed by atoms with Crippen molar-refractivity contribution in [1.82, 2.24) is 19.0 Å². The predicted molar refractivity (Wildman–Crippen MR) is 132 cm³/mol. The number of nitrogens with one attached hydrogen (secondary N) is 2. The fourth-order valence-corrected chi connectivity index (χ4v) is 4.08. The van der Waals surface area contributed by atoms with Crippen LogP contribution in [0.3, 0.4) is 0 Å². The van der Waals surface area contributed by atoms with Crippen LogP contribution in [0.1, 0.15) is 19.4 Å². The molecule has 4 rings (SSSR count). The number of aromatic nitrogens is 3. The minimum atomic E-state index is -0.343. The third kappa shape index (κ3) is 5.55. The first-order valence-corrected chi connectivity index (χ1v) is 11.5. The maximum Gasteiger partial charge on any atom is 0.332 e. The van der Waals surface area contributed by atoms with E-state index in [2.05, 4.69) is 20.4 Å². The number of halogens is 1. The summed E-state index contributed by atoms with van der Waals surface area (Å²) in [7, 11) is 0. The number of hydrogen-bond acceptors (Lipinski definition) is 6. The predicted octanol–water partition coefficient (Wildman–Crippen LogP) is 2.58. The number of ether oxygens (including phenoxy) is 1. The van der Waals surface area contributed by atoms with Crippen LogP contribution in [-0.4, -0.2) is 58.1 Å². The summed E-state index contributed by atoms with van der Waals surface area (Å²) in [4.78, 5) is 31.3. The molecule has 3 heterocycles. The van der Waals surface area contributed by atoms with E-state index >= 15 is 0 Å². The number of aromatic amines is 1. The number of H-pyrrole nitrogens is 1. The van der Waals surface area contributed by atoms with Gasteiger partial charge in [-0.1, -0.05) is 25.4 Å². The van der Waals surface area contributed by atoms with Crippen molar-refractivity contribution in [3.63, 3.8) is 0 Å². The van der Waals surface area contributed by atoms with Crippen LogP contribution in [0.4, 0.5) is 5.82 Å². The van der Waals surface area contributed by atoms with Gasteiger partial charge in [-0.2, -0.15) is 5.10 Å². The number of anilines is 1. The Hall–Kier alpha value is -2.88. The molecule has 0 aliphatic carbocycles. The van der Waals surface area contributed by atoms with E-state index < -0.39 is 0 Å². The van der Waals surface area contributed by atoms with Gasteiger partial charge in [-0.3, -0.25) is 24.3 Å². The van der Waals surface area contributed by atoms with Crippen molar-refractivity contribution in [2.75, 3.05) is 38.3 Å². The molecule has 10 heteroatoms. The monoisotopic (exact) mass is 472 g/mol. The summed E-state index contributed by atoms with van der Waals surface area (Å²) in [5.74, 6) is 0.587. The van der Waals surface area contributed by atoms with Crippen molar-refractivity contribution in [3.05, 3.63) is 61.9 Å². The van der Waals surface area contributed by atoms with E-state index in [4.69, 9.17) is 16.3 Å². The van der Waals surface area contributed by atoms with E-state index in [-0.39, 0.29) is 17.2 Å². The molecule has 176 valence electrons. The Balaban J connectivity index is 1.57. The van der Waals surface area contributed by atoms with Crippen LogP contribution in [-0.2, 0) is 17.8 Å². The van der Waals surface area contributed by atoms with E-state index in [1.807, 2.05) is 38.2 Å².